The third-order valence-electron chi connectivity index (χ3n) is 3.41. The molecule has 0 saturated heterocycles. The molecule has 1 atom stereocenters. The molecule has 1 aliphatic rings. The molecule has 1 unspecified atom stereocenters. The molecule has 1 N–H and O–H groups in total. The average Bonchev–Trinajstić information content (AvgIpc) is 2.51. The molecule has 0 aliphatic carbocycles. The van der Waals surface area contributed by atoms with Crippen molar-refractivity contribution in [1.82, 2.24) is 5.32 Å². The van der Waals surface area contributed by atoms with Gasteiger partial charge >= 0.3 is 12.1 Å². The first kappa shape index (κ1) is 19.1. The smallest absolute Gasteiger partial charge is 0.416 e. The van der Waals surface area contributed by atoms with Gasteiger partial charge in [-0.15, -0.1) is 0 Å². The SMILES string of the molecule is CC(C)(C)OC(=O)C1CC(C#Cc2ccc(C(F)(F)F)cc2)=CCN1. The maximum Gasteiger partial charge on any atom is 0.416 e. The van der Waals surface area contributed by atoms with Crippen LogP contribution < -0.4 is 5.32 Å². The van der Waals surface area contributed by atoms with Gasteiger partial charge < -0.3 is 10.1 Å². The minimum Gasteiger partial charge on any atom is -0.459 e. The van der Waals surface area contributed by atoms with Gasteiger partial charge in [-0.1, -0.05) is 17.9 Å². The largest absolute Gasteiger partial charge is 0.459 e. The van der Waals surface area contributed by atoms with Gasteiger partial charge in [0.2, 0.25) is 0 Å². The van der Waals surface area contributed by atoms with Crippen LogP contribution in [0.5, 0.6) is 0 Å². The highest BCUT2D eigenvalue weighted by Gasteiger charge is 2.30. The molecule has 0 aromatic heterocycles. The van der Waals surface area contributed by atoms with Gasteiger partial charge in [0.15, 0.2) is 0 Å². The number of benzene rings is 1. The maximum atomic E-state index is 12.5. The molecule has 0 fully saturated rings. The van der Waals surface area contributed by atoms with Crippen molar-refractivity contribution in [3.63, 3.8) is 0 Å². The van der Waals surface area contributed by atoms with Crippen LogP contribution in [-0.2, 0) is 15.7 Å². The fraction of sp³-hybridized carbons (Fsp3) is 0.421. The van der Waals surface area contributed by atoms with E-state index in [-0.39, 0.29) is 5.97 Å². The van der Waals surface area contributed by atoms with Crippen molar-refractivity contribution in [1.29, 1.82) is 0 Å². The first-order valence-electron chi connectivity index (χ1n) is 7.89. The van der Waals surface area contributed by atoms with Crippen molar-refractivity contribution >= 4 is 5.97 Å². The number of rotatable bonds is 1. The lowest BCUT2D eigenvalue weighted by atomic mass is 10.0. The molecule has 1 heterocycles. The molecule has 25 heavy (non-hydrogen) atoms. The highest BCUT2D eigenvalue weighted by molar-refractivity contribution is 5.77. The second-order valence-corrected chi connectivity index (χ2v) is 6.75. The number of ether oxygens (including phenoxy) is 1. The van der Waals surface area contributed by atoms with Gasteiger partial charge in [-0.2, -0.15) is 13.2 Å². The maximum absolute atomic E-state index is 12.5. The van der Waals surface area contributed by atoms with Gasteiger partial charge in [0.1, 0.15) is 11.6 Å². The average molecular weight is 351 g/mol. The van der Waals surface area contributed by atoms with E-state index in [1.807, 2.05) is 6.08 Å². The standard InChI is InChI=1S/C19H20F3NO2/c1-18(2,3)25-17(24)16-12-14(10-11-23-16)5-4-13-6-8-15(9-7-13)19(20,21)22/h6-10,16,23H,11-12H2,1-3H3. The summed E-state index contributed by atoms with van der Waals surface area (Å²) in [4.78, 5) is 12.1. The highest BCUT2D eigenvalue weighted by atomic mass is 19.4. The summed E-state index contributed by atoms with van der Waals surface area (Å²) in [5, 5.41) is 3.05. The Morgan fingerprint density at radius 2 is 1.80 bits per heavy atom. The number of carbonyl (C=O) groups excluding carboxylic acids is 1. The van der Waals surface area contributed by atoms with Crippen LogP contribution in [-0.4, -0.2) is 24.2 Å². The van der Waals surface area contributed by atoms with Crippen LogP contribution in [0, 0.1) is 11.8 Å². The summed E-state index contributed by atoms with van der Waals surface area (Å²) in [6, 6.07) is 4.21. The molecular formula is C19H20F3NO2. The van der Waals surface area contributed by atoms with Crippen molar-refractivity contribution < 1.29 is 22.7 Å². The van der Waals surface area contributed by atoms with Gasteiger partial charge in [-0.3, -0.25) is 4.79 Å². The van der Waals surface area contributed by atoms with E-state index < -0.39 is 23.4 Å². The minimum atomic E-state index is -4.36. The van der Waals surface area contributed by atoms with Crippen molar-refractivity contribution in [2.45, 2.75) is 45.0 Å². The molecule has 0 bridgehead atoms. The van der Waals surface area contributed by atoms with Crippen molar-refractivity contribution in [2.24, 2.45) is 0 Å². The molecule has 0 spiro atoms. The number of hydrogen-bond donors (Lipinski definition) is 1. The van der Waals surface area contributed by atoms with E-state index >= 15 is 0 Å². The third-order valence-corrected chi connectivity index (χ3v) is 3.41. The summed E-state index contributed by atoms with van der Waals surface area (Å²) in [7, 11) is 0. The molecule has 0 saturated carbocycles. The Morgan fingerprint density at radius 3 is 2.36 bits per heavy atom. The van der Waals surface area contributed by atoms with Crippen LogP contribution >= 0.6 is 0 Å². The summed E-state index contributed by atoms with van der Waals surface area (Å²) in [5.74, 6) is 5.42. The number of halogens is 3. The van der Waals surface area contributed by atoms with Crippen LogP contribution in [0.2, 0.25) is 0 Å². The van der Waals surface area contributed by atoms with E-state index in [0.29, 0.717) is 18.5 Å². The molecule has 0 radical (unpaired) electrons. The molecule has 2 rings (SSSR count). The zero-order valence-corrected chi connectivity index (χ0v) is 14.3. The second-order valence-electron chi connectivity index (χ2n) is 6.75. The second kappa shape index (κ2) is 7.32. The zero-order valence-electron chi connectivity index (χ0n) is 14.3. The van der Waals surface area contributed by atoms with Crippen molar-refractivity contribution in [3.8, 4) is 11.8 Å². The van der Waals surface area contributed by atoms with Crippen LogP contribution in [0.3, 0.4) is 0 Å². The van der Waals surface area contributed by atoms with E-state index in [1.165, 1.54) is 12.1 Å². The van der Waals surface area contributed by atoms with E-state index in [2.05, 4.69) is 17.2 Å². The molecule has 3 nitrogen and oxygen atoms in total. The molecule has 6 heteroatoms. The minimum absolute atomic E-state index is 0.338. The predicted molar refractivity (Wildman–Crippen MR) is 88.7 cm³/mol. The van der Waals surface area contributed by atoms with E-state index in [4.69, 9.17) is 4.74 Å². The molecule has 134 valence electrons. The summed E-state index contributed by atoms with van der Waals surface area (Å²) in [6.45, 7) is 5.89. The van der Waals surface area contributed by atoms with E-state index in [0.717, 1.165) is 17.7 Å². The van der Waals surface area contributed by atoms with E-state index in [1.54, 1.807) is 20.8 Å². The van der Waals surface area contributed by atoms with Gasteiger partial charge in [0.05, 0.1) is 5.56 Å². The fourth-order valence-corrected chi connectivity index (χ4v) is 2.24. The third kappa shape index (κ3) is 5.95. The Kier molecular flexibility index (Phi) is 5.58. The number of alkyl halides is 3. The zero-order chi connectivity index (χ0) is 18.7. The Hall–Kier alpha value is -2.26. The van der Waals surface area contributed by atoms with Gasteiger partial charge in [0, 0.05) is 24.1 Å². The van der Waals surface area contributed by atoms with E-state index in [9.17, 15) is 18.0 Å². The summed E-state index contributed by atoms with van der Waals surface area (Å²) < 4.78 is 43.0. The quantitative estimate of drug-likeness (QED) is 0.620. The topological polar surface area (TPSA) is 38.3 Å². The normalized spacial score (nSPS) is 18.0. The predicted octanol–water partition coefficient (Wildman–Crippen LogP) is 3.69. The lowest BCUT2D eigenvalue weighted by molar-refractivity contribution is -0.157. The Balaban J connectivity index is 2.03. The monoisotopic (exact) mass is 351 g/mol. The van der Waals surface area contributed by atoms with Crippen molar-refractivity contribution in [3.05, 3.63) is 47.0 Å². The molecule has 1 aromatic rings. The van der Waals surface area contributed by atoms with Gasteiger partial charge in [0.25, 0.3) is 0 Å². The van der Waals surface area contributed by atoms with Gasteiger partial charge in [-0.25, -0.2) is 0 Å². The summed E-state index contributed by atoms with van der Waals surface area (Å²) >= 11 is 0. The van der Waals surface area contributed by atoms with Crippen LogP contribution in [0.4, 0.5) is 13.2 Å². The molecule has 1 aliphatic heterocycles. The number of carbonyl (C=O) groups is 1. The number of nitrogens with one attached hydrogen (secondary N) is 1. The lowest BCUT2D eigenvalue weighted by Gasteiger charge is -2.26. The van der Waals surface area contributed by atoms with Crippen molar-refractivity contribution in [2.75, 3.05) is 6.54 Å². The first-order chi connectivity index (χ1) is 11.5. The van der Waals surface area contributed by atoms with Crippen LogP contribution in [0.25, 0.3) is 0 Å². The molecule has 1 aromatic carbocycles. The molecule has 0 amide bonds. The summed E-state index contributed by atoms with van der Waals surface area (Å²) in [5.41, 5.74) is -0.0219. The van der Waals surface area contributed by atoms with Gasteiger partial charge in [-0.05, 0) is 45.0 Å². The fourth-order valence-electron chi connectivity index (χ4n) is 2.24. The lowest BCUT2D eigenvalue weighted by Crippen LogP contribution is -2.43. The Morgan fingerprint density at radius 1 is 1.16 bits per heavy atom. The molecular weight excluding hydrogens is 331 g/mol. The summed E-state index contributed by atoms with van der Waals surface area (Å²) in [6.07, 6.45) is -2.11. The number of esters is 1. The van der Waals surface area contributed by atoms with Crippen LogP contribution in [0.1, 0.15) is 38.3 Å². The first-order valence-corrected chi connectivity index (χ1v) is 7.89. The number of hydrogen-bond acceptors (Lipinski definition) is 3. The highest BCUT2D eigenvalue weighted by Crippen LogP contribution is 2.29. The van der Waals surface area contributed by atoms with Crippen LogP contribution in [0.15, 0.2) is 35.9 Å². The Labute approximate surface area is 145 Å². The Bertz CT molecular complexity index is 716.